The molecule has 166 valence electrons. The van der Waals surface area contributed by atoms with Crippen molar-refractivity contribution in [2.24, 2.45) is 0 Å². The van der Waals surface area contributed by atoms with E-state index in [1.165, 1.54) is 11.1 Å². The highest BCUT2D eigenvalue weighted by molar-refractivity contribution is 5.94. The Morgan fingerprint density at radius 1 is 0.812 bits per heavy atom. The molecule has 4 heteroatoms. The van der Waals surface area contributed by atoms with E-state index in [0.717, 1.165) is 60.7 Å². The zero-order valence-electron chi connectivity index (χ0n) is 19.3. The number of hydrogen-bond donors (Lipinski definition) is 0. The number of para-hydroxylation sites is 1. The van der Waals surface area contributed by atoms with Crippen molar-refractivity contribution in [2.45, 2.75) is 33.9 Å². The average molecular weight is 429 g/mol. The molecule has 1 fully saturated rings. The molecule has 32 heavy (non-hydrogen) atoms. The van der Waals surface area contributed by atoms with E-state index in [1.54, 1.807) is 0 Å². The Bertz CT molecular complexity index is 1050. The first kappa shape index (κ1) is 22.1. The molecule has 0 aliphatic carbocycles. The summed E-state index contributed by atoms with van der Waals surface area (Å²) in [6.07, 6.45) is 0. The highest BCUT2D eigenvalue weighted by Crippen LogP contribution is 2.23. The molecule has 4 rings (SSSR count). The van der Waals surface area contributed by atoms with Crippen molar-refractivity contribution in [1.29, 1.82) is 0 Å². The van der Waals surface area contributed by atoms with E-state index in [1.807, 2.05) is 35.2 Å². The fourth-order valence-electron chi connectivity index (χ4n) is 4.29. The Morgan fingerprint density at radius 2 is 1.47 bits per heavy atom. The van der Waals surface area contributed by atoms with Gasteiger partial charge >= 0.3 is 0 Å². The van der Waals surface area contributed by atoms with Gasteiger partial charge in [-0.15, -0.1) is 0 Å². The molecule has 0 N–H and O–H groups in total. The van der Waals surface area contributed by atoms with E-state index >= 15 is 0 Å². The number of benzene rings is 3. The summed E-state index contributed by atoms with van der Waals surface area (Å²) in [5.41, 5.74) is 6.71. The third kappa shape index (κ3) is 5.38. The van der Waals surface area contributed by atoms with Gasteiger partial charge in [0.15, 0.2) is 0 Å². The molecule has 0 bridgehead atoms. The molecule has 0 unspecified atom stereocenters. The highest BCUT2D eigenvalue weighted by atomic mass is 16.5. The molecular weight excluding hydrogens is 396 g/mol. The monoisotopic (exact) mass is 428 g/mol. The SMILES string of the molecule is Cc1cccc(CN2CCN(C(=O)c3ccc(COc4c(C)cccc4C)cc3)CC2)c1. The lowest BCUT2D eigenvalue weighted by atomic mass is 10.1. The van der Waals surface area contributed by atoms with Crippen molar-refractivity contribution in [3.05, 3.63) is 100 Å². The second kappa shape index (κ2) is 10.0. The number of aryl methyl sites for hydroxylation is 3. The van der Waals surface area contributed by atoms with Gasteiger partial charge in [-0.05, 0) is 55.2 Å². The van der Waals surface area contributed by atoms with Crippen molar-refractivity contribution in [1.82, 2.24) is 9.80 Å². The predicted octanol–water partition coefficient (Wildman–Crippen LogP) is 5.15. The van der Waals surface area contributed by atoms with E-state index in [-0.39, 0.29) is 5.91 Å². The van der Waals surface area contributed by atoms with Crippen LogP contribution in [0.1, 0.15) is 38.2 Å². The average Bonchev–Trinajstić information content (AvgIpc) is 2.79. The molecule has 3 aromatic carbocycles. The smallest absolute Gasteiger partial charge is 0.253 e. The normalized spacial score (nSPS) is 14.4. The van der Waals surface area contributed by atoms with Crippen LogP contribution in [0.2, 0.25) is 0 Å². The number of rotatable bonds is 6. The van der Waals surface area contributed by atoms with Crippen molar-refractivity contribution >= 4 is 5.91 Å². The van der Waals surface area contributed by atoms with Gasteiger partial charge in [0.05, 0.1) is 0 Å². The summed E-state index contributed by atoms with van der Waals surface area (Å²) >= 11 is 0. The van der Waals surface area contributed by atoms with Gasteiger partial charge in [0.2, 0.25) is 0 Å². The standard InChI is InChI=1S/C28H32N2O2/c1-21-6-4-9-25(18-21)19-29-14-16-30(17-15-29)28(31)26-12-10-24(11-13-26)20-32-27-22(2)7-5-8-23(27)3/h4-13,18H,14-17,19-20H2,1-3H3. The van der Waals surface area contributed by atoms with Gasteiger partial charge in [-0.2, -0.15) is 0 Å². The van der Waals surface area contributed by atoms with Gasteiger partial charge in [0.25, 0.3) is 5.91 Å². The Kier molecular flexibility index (Phi) is 6.91. The number of nitrogens with zero attached hydrogens (tertiary/aromatic N) is 2. The number of piperazine rings is 1. The summed E-state index contributed by atoms with van der Waals surface area (Å²) in [5, 5.41) is 0. The van der Waals surface area contributed by atoms with Crippen LogP contribution in [0.25, 0.3) is 0 Å². The Labute approximate surface area is 191 Å². The van der Waals surface area contributed by atoms with Gasteiger partial charge in [-0.1, -0.05) is 60.2 Å². The lowest BCUT2D eigenvalue weighted by molar-refractivity contribution is 0.0628. The number of carbonyl (C=O) groups excluding carboxylic acids is 1. The Hall–Kier alpha value is -3.11. The molecule has 1 aliphatic rings. The number of amides is 1. The van der Waals surface area contributed by atoms with Crippen LogP contribution in [0.3, 0.4) is 0 Å². The first-order valence-corrected chi connectivity index (χ1v) is 11.3. The molecule has 1 heterocycles. The van der Waals surface area contributed by atoms with Crippen LogP contribution in [0.4, 0.5) is 0 Å². The van der Waals surface area contributed by atoms with Crippen molar-refractivity contribution in [3.63, 3.8) is 0 Å². The molecular formula is C28H32N2O2. The van der Waals surface area contributed by atoms with Crippen LogP contribution in [0, 0.1) is 20.8 Å². The molecule has 1 aliphatic heterocycles. The van der Waals surface area contributed by atoms with E-state index in [0.29, 0.717) is 6.61 Å². The zero-order valence-corrected chi connectivity index (χ0v) is 19.3. The van der Waals surface area contributed by atoms with Crippen LogP contribution in [-0.2, 0) is 13.2 Å². The second-order valence-electron chi connectivity index (χ2n) is 8.76. The quantitative estimate of drug-likeness (QED) is 0.544. The van der Waals surface area contributed by atoms with Crippen molar-refractivity contribution in [2.75, 3.05) is 26.2 Å². The summed E-state index contributed by atoms with van der Waals surface area (Å²) < 4.78 is 6.04. The van der Waals surface area contributed by atoms with Gasteiger partial charge in [0.1, 0.15) is 12.4 Å². The maximum absolute atomic E-state index is 13.0. The molecule has 1 saturated heterocycles. The summed E-state index contributed by atoms with van der Waals surface area (Å²) in [6, 6.07) is 22.6. The molecule has 0 radical (unpaired) electrons. The maximum Gasteiger partial charge on any atom is 0.253 e. The molecule has 0 aromatic heterocycles. The summed E-state index contributed by atoms with van der Waals surface area (Å²) in [6.45, 7) is 11.0. The van der Waals surface area contributed by atoms with E-state index in [2.05, 4.69) is 62.1 Å². The largest absolute Gasteiger partial charge is 0.488 e. The van der Waals surface area contributed by atoms with Crippen LogP contribution in [0.5, 0.6) is 5.75 Å². The van der Waals surface area contributed by atoms with Crippen molar-refractivity contribution < 1.29 is 9.53 Å². The number of carbonyl (C=O) groups is 1. The van der Waals surface area contributed by atoms with E-state index in [4.69, 9.17) is 4.74 Å². The van der Waals surface area contributed by atoms with Crippen molar-refractivity contribution in [3.8, 4) is 5.75 Å². The zero-order chi connectivity index (χ0) is 22.5. The van der Waals surface area contributed by atoms with Crippen LogP contribution >= 0.6 is 0 Å². The lowest BCUT2D eigenvalue weighted by Crippen LogP contribution is -2.48. The number of ether oxygens (including phenoxy) is 1. The maximum atomic E-state index is 13.0. The summed E-state index contributed by atoms with van der Waals surface area (Å²) in [4.78, 5) is 17.4. The fraction of sp³-hybridized carbons (Fsp3) is 0.321. The molecule has 0 saturated carbocycles. The Morgan fingerprint density at radius 3 is 2.12 bits per heavy atom. The summed E-state index contributed by atoms with van der Waals surface area (Å²) in [5.74, 6) is 1.05. The molecule has 0 spiro atoms. The highest BCUT2D eigenvalue weighted by Gasteiger charge is 2.22. The van der Waals surface area contributed by atoms with Gasteiger partial charge in [-0.25, -0.2) is 0 Å². The lowest BCUT2D eigenvalue weighted by Gasteiger charge is -2.34. The molecule has 0 atom stereocenters. The minimum atomic E-state index is 0.113. The van der Waals surface area contributed by atoms with E-state index < -0.39 is 0 Å². The molecule has 3 aromatic rings. The third-order valence-electron chi connectivity index (χ3n) is 6.14. The van der Waals surface area contributed by atoms with Crippen LogP contribution in [-0.4, -0.2) is 41.9 Å². The Balaban J connectivity index is 1.29. The van der Waals surface area contributed by atoms with Gasteiger partial charge in [-0.3, -0.25) is 9.69 Å². The van der Waals surface area contributed by atoms with Crippen LogP contribution < -0.4 is 4.74 Å². The fourth-order valence-corrected chi connectivity index (χ4v) is 4.29. The van der Waals surface area contributed by atoms with Gasteiger partial charge < -0.3 is 9.64 Å². The minimum Gasteiger partial charge on any atom is -0.488 e. The van der Waals surface area contributed by atoms with Gasteiger partial charge in [0, 0.05) is 38.3 Å². The topological polar surface area (TPSA) is 32.8 Å². The number of hydrogen-bond acceptors (Lipinski definition) is 3. The van der Waals surface area contributed by atoms with E-state index in [9.17, 15) is 4.79 Å². The van der Waals surface area contributed by atoms with Crippen LogP contribution in [0.15, 0.2) is 66.7 Å². The molecule has 4 nitrogen and oxygen atoms in total. The minimum absolute atomic E-state index is 0.113. The predicted molar refractivity (Wildman–Crippen MR) is 129 cm³/mol. The first-order valence-electron chi connectivity index (χ1n) is 11.3. The summed E-state index contributed by atoms with van der Waals surface area (Å²) in [7, 11) is 0. The second-order valence-corrected chi connectivity index (χ2v) is 8.76. The third-order valence-corrected chi connectivity index (χ3v) is 6.14. The first-order chi connectivity index (χ1) is 15.5. The molecule has 1 amide bonds.